The number of anilines is 1. The normalized spacial score (nSPS) is 11.2. The van der Waals surface area contributed by atoms with Crippen LogP contribution in [0, 0.1) is 0 Å². The molecule has 0 unspecified atom stereocenters. The van der Waals surface area contributed by atoms with Gasteiger partial charge in [-0.1, -0.05) is 29.3 Å². The van der Waals surface area contributed by atoms with Gasteiger partial charge in [-0.05, 0) is 36.4 Å². The Morgan fingerprint density at radius 3 is 2.14 bits per heavy atom. The van der Waals surface area contributed by atoms with Gasteiger partial charge in [0.1, 0.15) is 5.75 Å². The molecule has 1 N–H and O–H groups in total. The SMILES string of the molecule is COc1ccc(NS(=O)(=O)Cc2c(Cl)cccc2Cl)cc1. The fourth-order valence-corrected chi connectivity index (χ4v) is 3.68. The van der Waals surface area contributed by atoms with E-state index in [1.165, 1.54) is 0 Å². The molecular weight excluding hydrogens is 333 g/mol. The number of benzene rings is 2. The van der Waals surface area contributed by atoms with Crippen molar-refractivity contribution >= 4 is 38.9 Å². The van der Waals surface area contributed by atoms with Gasteiger partial charge in [-0.3, -0.25) is 4.72 Å². The van der Waals surface area contributed by atoms with Crippen LogP contribution in [0.2, 0.25) is 10.0 Å². The third-order valence-corrected chi connectivity index (χ3v) is 4.68. The standard InChI is InChI=1S/C14H13Cl2NO3S/c1-20-11-7-5-10(6-8-11)17-21(18,19)9-12-13(15)3-2-4-14(12)16/h2-8,17H,9H2,1H3. The largest absolute Gasteiger partial charge is 0.497 e. The van der Waals surface area contributed by atoms with Crippen LogP contribution >= 0.6 is 23.2 Å². The number of methoxy groups -OCH3 is 1. The van der Waals surface area contributed by atoms with Crippen molar-refractivity contribution in [3.63, 3.8) is 0 Å². The number of sulfonamides is 1. The molecule has 0 atom stereocenters. The monoisotopic (exact) mass is 345 g/mol. The highest BCUT2D eigenvalue weighted by molar-refractivity contribution is 7.91. The molecule has 0 saturated carbocycles. The Hall–Kier alpha value is -1.43. The summed E-state index contributed by atoms with van der Waals surface area (Å²) in [4.78, 5) is 0. The zero-order chi connectivity index (χ0) is 15.5. The maximum atomic E-state index is 12.2. The van der Waals surface area contributed by atoms with E-state index in [4.69, 9.17) is 27.9 Å². The first-order valence-corrected chi connectivity index (χ1v) is 8.39. The summed E-state index contributed by atoms with van der Waals surface area (Å²) in [7, 11) is -2.07. The van der Waals surface area contributed by atoms with Crippen LogP contribution in [-0.2, 0) is 15.8 Å². The minimum Gasteiger partial charge on any atom is -0.497 e. The first-order chi connectivity index (χ1) is 9.91. The predicted molar refractivity (Wildman–Crippen MR) is 85.7 cm³/mol. The summed E-state index contributed by atoms with van der Waals surface area (Å²) in [6, 6.07) is 11.4. The Balaban J connectivity index is 2.18. The summed E-state index contributed by atoms with van der Waals surface area (Å²) in [5, 5.41) is 0.644. The Morgan fingerprint density at radius 2 is 1.62 bits per heavy atom. The van der Waals surface area contributed by atoms with E-state index in [2.05, 4.69) is 4.72 Å². The van der Waals surface area contributed by atoms with E-state index in [-0.39, 0.29) is 5.75 Å². The van der Waals surface area contributed by atoms with E-state index in [0.29, 0.717) is 27.0 Å². The second kappa shape index (κ2) is 6.56. The molecule has 0 radical (unpaired) electrons. The van der Waals surface area contributed by atoms with Gasteiger partial charge < -0.3 is 4.74 Å². The zero-order valence-electron chi connectivity index (χ0n) is 11.1. The van der Waals surface area contributed by atoms with Gasteiger partial charge in [0.15, 0.2) is 0 Å². The highest BCUT2D eigenvalue weighted by atomic mass is 35.5. The Labute approximate surface area is 133 Å². The molecule has 21 heavy (non-hydrogen) atoms. The molecule has 0 aliphatic heterocycles. The number of ether oxygens (including phenoxy) is 1. The van der Waals surface area contributed by atoms with E-state index in [1.54, 1.807) is 49.6 Å². The van der Waals surface area contributed by atoms with Crippen LogP contribution in [0.4, 0.5) is 5.69 Å². The molecule has 0 aliphatic rings. The quantitative estimate of drug-likeness (QED) is 0.892. The van der Waals surface area contributed by atoms with E-state index in [1.807, 2.05) is 0 Å². The van der Waals surface area contributed by atoms with E-state index in [0.717, 1.165) is 0 Å². The van der Waals surface area contributed by atoms with Crippen molar-refractivity contribution in [2.75, 3.05) is 11.8 Å². The van der Waals surface area contributed by atoms with Crippen molar-refractivity contribution in [3.05, 3.63) is 58.1 Å². The molecule has 0 fully saturated rings. The third kappa shape index (κ3) is 4.27. The zero-order valence-corrected chi connectivity index (χ0v) is 13.5. The summed E-state index contributed by atoms with van der Waals surface area (Å²) in [5.74, 6) is 0.351. The van der Waals surface area contributed by atoms with Crippen molar-refractivity contribution in [1.82, 2.24) is 0 Å². The molecule has 0 saturated heterocycles. The van der Waals surface area contributed by atoms with E-state index < -0.39 is 10.0 Å². The van der Waals surface area contributed by atoms with Crippen LogP contribution in [-0.4, -0.2) is 15.5 Å². The van der Waals surface area contributed by atoms with Crippen molar-refractivity contribution < 1.29 is 13.2 Å². The highest BCUT2D eigenvalue weighted by Crippen LogP contribution is 2.27. The van der Waals surface area contributed by atoms with Crippen LogP contribution < -0.4 is 9.46 Å². The maximum absolute atomic E-state index is 12.2. The second-order valence-electron chi connectivity index (χ2n) is 4.29. The first kappa shape index (κ1) is 15.9. The summed E-state index contributed by atoms with van der Waals surface area (Å²) < 4.78 is 31.8. The van der Waals surface area contributed by atoms with Crippen LogP contribution in [0.25, 0.3) is 0 Å². The Bertz CT molecular complexity index is 710. The van der Waals surface area contributed by atoms with Crippen LogP contribution in [0.3, 0.4) is 0 Å². The van der Waals surface area contributed by atoms with E-state index >= 15 is 0 Å². The van der Waals surface area contributed by atoms with Gasteiger partial charge in [0.25, 0.3) is 0 Å². The minimum absolute atomic E-state index is 0.294. The lowest BCUT2D eigenvalue weighted by Crippen LogP contribution is -2.15. The van der Waals surface area contributed by atoms with Gasteiger partial charge >= 0.3 is 0 Å². The van der Waals surface area contributed by atoms with Crippen LogP contribution in [0.5, 0.6) is 5.75 Å². The molecule has 2 aromatic carbocycles. The molecule has 0 aromatic heterocycles. The second-order valence-corrected chi connectivity index (χ2v) is 6.83. The maximum Gasteiger partial charge on any atom is 0.237 e. The molecule has 0 heterocycles. The molecule has 4 nitrogen and oxygen atoms in total. The molecule has 0 amide bonds. The van der Waals surface area contributed by atoms with Gasteiger partial charge in [0.2, 0.25) is 10.0 Å². The number of hydrogen-bond acceptors (Lipinski definition) is 3. The molecule has 112 valence electrons. The van der Waals surface area contributed by atoms with Crippen LogP contribution in [0.1, 0.15) is 5.56 Å². The number of nitrogens with one attached hydrogen (secondary N) is 1. The first-order valence-electron chi connectivity index (χ1n) is 5.99. The molecule has 2 rings (SSSR count). The third-order valence-electron chi connectivity index (χ3n) is 2.76. The van der Waals surface area contributed by atoms with Crippen molar-refractivity contribution in [2.24, 2.45) is 0 Å². The van der Waals surface area contributed by atoms with Gasteiger partial charge in [0, 0.05) is 21.3 Å². The predicted octanol–water partition coefficient (Wildman–Crippen LogP) is 3.94. The number of hydrogen-bond donors (Lipinski definition) is 1. The molecule has 2 aromatic rings. The lowest BCUT2D eigenvalue weighted by Gasteiger charge is -2.11. The average molecular weight is 346 g/mol. The summed E-state index contributed by atoms with van der Waals surface area (Å²) in [6.07, 6.45) is 0. The lowest BCUT2D eigenvalue weighted by molar-refractivity contribution is 0.415. The fourth-order valence-electron chi connectivity index (χ4n) is 1.73. The molecule has 0 aliphatic carbocycles. The molecular formula is C14H13Cl2NO3S. The summed E-state index contributed by atoms with van der Waals surface area (Å²) in [6.45, 7) is 0. The summed E-state index contributed by atoms with van der Waals surface area (Å²) in [5.41, 5.74) is 0.820. The topological polar surface area (TPSA) is 55.4 Å². The molecule has 0 spiro atoms. The molecule has 0 bridgehead atoms. The van der Waals surface area contributed by atoms with Gasteiger partial charge in [-0.15, -0.1) is 0 Å². The van der Waals surface area contributed by atoms with Gasteiger partial charge in [-0.25, -0.2) is 8.42 Å². The van der Waals surface area contributed by atoms with Crippen LogP contribution in [0.15, 0.2) is 42.5 Å². The van der Waals surface area contributed by atoms with E-state index in [9.17, 15) is 8.42 Å². The average Bonchev–Trinajstić information content (AvgIpc) is 2.43. The smallest absolute Gasteiger partial charge is 0.237 e. The number of rotatable bonds is 5. The van der Waals surface area contributed by atoms with Crippen molar-refractivity contribution in [1.29, 1.82) is 0 Å². The Kier molecular flexibility index (Phi) is 4.98. The van der Waals surface area contributed by atoms with Gasteiger partial charge in [-0.2, -0.15) is 0 Å². The summed E-state index contributed by atoms with van der Waals surface area (Å²) >= 11 is 12.0. The minimum atomic E-state index is -3.61. The van der Waals surface area contributed by atoms with Crippen molar-refractivity contribution in [2.45, 2.75) is 5.75 Å². The highest BCUT2D eigenvalue weighted by Gasteiger charge is 2.16. The van der Waals surface area contributed by atoms with Crippen molar-refractivity contribution in [3.8, 4) is 5.75 Å². The van der Waals surface area contributed by atoms with Gasteiger partial charge in [0.05, 0.1) is 12.9 Å². The number of halogens is 2. The Morgan fingerprint density at radius 1 is 1.05 bits per heavy atom. The molecule has 7 heteroatoms. The fraction of sp³-hybridized carbons (Fsp3) is 0.143. The lowest BCUT2D eigenvalue weighted by atomic mass is 10.2.